The third kappa shape index (κ3) is 5.84. The van der Waals surface area contributed by atoms with Gasteiger partial charge in [-0.25, -0.2) is 8.42 Å². The normalized spacial score (nSPS) is 15.5. The summed E-state index contributed by atoms with van der Waals surface area (Å²) in [7, 11) is -3.59. The third-order valence-corrected chi connectivity index (χ3v) is 7.61. The fourth-order valence-corrected chi connectivity index (χ4v) is 5.18. The van der Waals surface area contributed by atoms with Gasteiger partial charge >= 0.3 is 0 Å². The lowest BCUT2D eigenvalue weighted by Crippen LogP contribution is -2.41. The molecule has 0 saturated carbocycles. The zero-order valence-electron chi connectivity index (χ0n) is 17.8. The molecule has 170 valence electrons. The number of benzene rings is 3. The molecule has 1 amide bonds. The van der Waals surface area contributed by atoms with E-state index < -0.39 is 10.0 Å². The lowest BCUT2D eigenvalue weighted by Gasteiger charge is -2.30. The number of piperidine rings is 1. The maximum Gasteiger partial charge on any atom is 0.243 e. The van der Waals surface area contributed by atoms with Crippen molar-refractivity contribution in [3.63, 3.8) is 0 Å². The van der Waals surface area contributed by atoms with E-state index >= 15 is 0 Å². The number of hydrogen-bond acceptors (Lipinski definition) is 5. The molecule has 0 unspecified atom stereocenters. The first-order valence-electron chi connectivity index (χ1n) is 10.6. The summed E-state index contributed by atoms with van der Waals surface area (Å²) in [6, 6.07) is 22.7. The highest BCUT2D eigenvalue weighted by Gasteiger charge is 2.32. The molecule has 1 fully saturated rings. The molecule has 0 radical (unpaired) electrons. The summed E-state index contributed by atoms with van der Waals surface area (Å²) in [5, 5.41) is 11.8. The second-order valence-corrected chi connectivity index (χ2v) is 10.1. The summed E-state index contributed by atoms with van der Waals surface area (Å²) in [5.74, 6) is -0.365. The number of halogens is 1. The van der Waals surface area contributed by atoms with Crippen molar-refractivity contribution in [1.82, 2.24) is 4.31 Å². The van der Waals surface area contributed by atoms with Crippen LogP contribution in [0.15, 0.2) is 94.0 Å². The van der Waals surface area contributed by atoms with E-state index in [9.17, 15) is 13.2 Å². The van der Waals surface area contributed by atoms with Crippen molar-refractivity contribution in [3.8, 4) is 0 Å². The Labute approximate surface area is 198 Å². The quantitative estimate of drug-likeness (QED) is 0.450. The van der Waals surface area contributed by atoms with Crippen LogP contribution in [-0.4, -0.2) is 31.7 Å². The van der Waals surface area contributed by atoms with Gasteiger partial charge in [-0.1, -0.05) is 29.8 Å². The Morgan fingerprint density at radius 1 is 0.848 bits per heavy atom. The van der Waals surface area contributed by atoms with Gasteiger partial charge in [-0.3, -0.25) is 4.79 Å². The fraction of sp³-hybridized carbons (Fsp3) is 0.208. The van der Waals surface area contributed by atoms with Crippen LogP contribution in [0.2, 0.25) is 5.02 Å². The molecule has 7 nitrogen and oxygen atoms in total. The van der Waals surface area contributed by atoms with E-state index in [1.54, 1.807) is 36.4 Å². The first-order chi connectivity index (χ1) is 15.9. The Kier molecular flexibility index (Phi) is 7.17. The molecule has 0 bridgehead atoms. The second-order valence-electron chi connectivity index (χ2n) is 7.70. The third-order valence-electron chi connectivity index (χ3n) is 5.45. The number of sulfonamides is 1. The summed E-state index contributed by atoms with van der Waals surface area (Å²) >= 11 is 5.85. The van der Waals surface area contributed by atoms with Gasteiger partial charge in [0.1, 0.15) is 0 Å². The van der Waals surface area contributed by atoms with Crippen LogP contribution in [0.4, 0.5) is 17.1 Å². The molecule has 0 spiro atoms. The number of nitrogens with zero attached hydrogens (tertiary/aromatic N) is 3. The molecule has 1 N–H and O–H groups in total. The van der Waals surface area contributed by atoms with Gasteiger partial charge in [0.05, 0.1) is 16.3 Å². The Morgan fingerprint density at radius 3 is 2.03 bits per heavy atom. The second kappa shape index (κ2) is 10.2. The van der Waals surface area contributed by atoms with E-state index in [2.05, 4.69) is 15.5 Å². The van der Waals surface area contributed by atoms with Crippen molar-refractivity contribution in [2.75, 3.05) is 18.4 Å². The molecule has 9 heteroatoms. The van der Waals surface area contributed by atoms with Gasteiger partial charge in [0.2, 0.25) is 15.9 Å². The zero-order valence-corrected chi connectivity index (χ0v) is 19.3. The average Bonchev–Trinajstić information content (AvgIpc) is 2.84. The van der Waals surface area contributed by atoms with Crippen LogP contribution in [0, 0.1) is 5.92 Å². The fourth-order valence-electron chi connectivity index (χ4n) is 3.58. The van der Waals surface area contributed by atoms with Gasteiger partial charge in [0.25, 0.3) is 0 Å². The molecule has 4 rings (SSSR count). The van der Waals surface area contributed by atoms with Gasteiger partial charge in [-0.2, -0.15) is 14.5 Å². The summed E-state index contributed by atoms with van der Waals surface area (Å²) in [6.45, 7) is 0.587. The van der Waals surface area contributed by atoms with Crippen molar-refractivity contribution in [2.45, 2.75) is 17.7 Å². The Balaban J connectivity index is 1.31. The maximum atomic E-state index is 12.8. The summed E-state index contributed by atoms with van der Waals surface area (Å²) in [5.41, 5.74) is 2.10. The van der Waals surface area contributed by atoms with Crippen molar-refractivity contribution in [1.29, 1.82) is 0 Å². The molecule has 3 aromatic rings. The predicted octanol–water partition coefficient (Wildman–Crippen LogP) is 5.79. The zero-order chi connectivity index (χ0) is 23.3. The highest BCUT2D eigenvalue weighted by atomic mass is 35.5. The SMILES string of the molecule is O=C(Nc1ccc(N=Nc2ccccc2)cc1)C1CCN(S(=O)(=O)c2ccc(Cl)cc2)CC1. The molecule has 1 aliphatic heterocycles. The van der Waals surface area contributed by atoms with Crippen molar-refractivity contribution in [3.05, 3.63) is 83.9 Å². The van der Waals surface area contributed by atoms with E-state index in [-0.39, 0.29) is 16.7 Å². The minimum atomic E-state index is -3.59. The molecule has 1 aliphatic rings. The van der Waals surface area contributed by atoms with Gasteiger partial charge in [0, 0.05) is 29.7 Å². The number of carbonyl (C=O) groups is 1. The van der Waals surface area contributed by atoms with Crippen LogP contribution in [0.3, 0.4) is 0 Å². The summed E-state index contributed by atoms with van der Waals surface area (Å²) < 4.78 is 27.0. The molecule has 0 aromatic heterocycles. The van der Waals surface area contributed by atoms with Crippen molar-refractivity contribution >= 4 is 44.6 Å². The summed E-state index contributed by atoms with van der Waals surface area (Å²) in [4.78, 5) is 12.9. The molecular weight excluding hydrogens is 460 g/mol. The lowest BCUT2D eigenvalue weighted by molar-refractivity contribution is -0.120. The topological polar surface area (TPSA) is 91.2 Å². The molecule has 1 heterocycles. The van der Waals surface area contributed by atoms with Gasteiger partial charge < -0.3 is 5.32 Å². The number of amides is 1. The highest BCUT2D eigenvalue weighted by Crippen LogP contribution is 2.26. The Morgan fingerprint density at radius 2 is 1.42 bits per heavy atom. The number of anilines is 1. The molecule has 0 atom stereocenters. The van der Waals surface area contributed by atoms with Gasteiger partial charge in [-0.15, -0.1) is 0 Å². The molecule has 1 saturated heterocycles. The van der Waals surface area contributed by atoms with E-state index in [0.717, 1.165) is 5.69 Å². The molecule has 0 aliphatic carbocycles. The highest BCUT2D eigenvalue weighted by molar-refractivity contribution is 7.89. The van der Waals surface area contributed by atoms with Crippen molar-refractivity contribution < 1.29 is 13.2 Å². The lowest BCUT2D eigenvalue weighted by atomic mass is 9.97. The smallest absolute Gasteiger partial charge is 0.243 e. The minimum Gasteiger partial charge on any atom is -0.326 e. The predicted molar refractivity (Wildman–Crippen MR) is 129 cm³/mol. The Bertz CT molecular complexity index is 1220. The molecule has 3 aromatic carbocycles. The van der Waals surface area contributed by atoms with Crippen LogP contribution >= 0.6 is 11.6 Å². The van der Waals surface area contributed by atoms with Gasteiger partial charge in [-0.05, 0) is 73.5 Å². The number of hydrogen-bond donors (Lipinski definition) is 1. The standard InChI is InChI=1S/C24H23ClN4O3S/c25-19-6-12-23(13-7-19)33(31,32)29-16-14-18(15-17-29)24(30)26-20-8-10-22(11-9-20)28-27-21-4-2-1-3-5-21/h1-13,18H,14-17H2,(H,26,30). The number of nitrogens with one attached hydrogen (secondary N) is 1. The van der Waals surface area contributed by atoms with E-state index in [1.165, 1.54) is 16.4 Å². The maximum absolute atomic E-state index is 12.8. The number of rotatable bonds is 6. The Hall–Kier alpha value is -3.07. The number of carbonyl (C=O) groups excluding carboxylic acids is 1. The van der Waals surface area contributed by atoms with Crippen LogP contribution in [0.1, 0.15) is 12.8 Å². The molecule has 33 heavy (non-hydrogen) atoms. The van der Waals surface area contributed by atoms with Crippen LogP contribution in [0.25, 0.3) is 0 Å². The van der Waals surface area contributed by atoms with E-state index in [4.69, 9.17) is 11.6 Å². The monoisotopic (exact) mass is 482 g/mol. The van der Waals surface area contributed by atoms with Crippen LogP contribution in [-0.2, 0) is 14.8 Å². The largest absolute Gasteiger partial charge is 0.326 e. The van der Waals surface area contributed by atoms with Crippen LogP contribution < -0.4 is 5.32 Å². The van der Waals surface area contributed by atoms with Crippen molar-refractivity contribution in [2.24, 2.45) is 16.1 Å². The molecular formula is C24H23ClN4O3S. The van der Waals surface area contributed by atoms with E-state index in [1.807, 2.05) is 30.3 Å². The first-order valence-corrected chi connectivity index (χ1v) is 12.4. The minimum absolute atomic E-state index is 0.114. The average molecular weight is 483 g/mol. The van der Waals surface area contributed by atoms with Crippen LogP contribution in [0.5, 0.6) is 0 Å². The van der Waals surface area contributed by atoms with Gasteiger partial charge in [0.15, 0.2) is 0 Å². The first kappa shape index (κ1) is 23.1. The van der Waals surface area contributed by atoms with E-state index in [0.29, 0.717) is 42.3 Å². The number of azo groups is 1. The summed E-state index contributed by atoms with van der Waals surface area (Å²) in [6.07, 6.45) is 0.921.